The van der Waals surface area contributed by atoms with Gasteiger partial charge >= 0.3 is 0 Å². The highest BCUT2D eigenvalue weighted by Gasteiger charge is 2.32. The smallest absolute Gasteiger partial charge is 0.292 e. The molecule has 1 N–H and O–H groups in total. The number of carbonyl (C=O) groups is 1. The molecule has 2 saturated heterocycles. The summed E-state index contributed by atoms with van der Waals surface area (Å²) in [6, 6.07) is 6.76. The van der Waals surface area contributed by atoms with E-state index in [0.717, 1.165) is 39.0 Å². The molecule has 2 fully saturated rings. The number of benzene rings is 1. The van der Waals surface area contributed by atoms with Crippen LogP contribution in [0.5, 0.6) is 0 Å². The first kappa shape index (κ1) is 20.5. The van der Waals surface area contributed by atoms with E-state index in [2.05, 4.69) is 24.1 Å². The van der Waals surface area contributed by atoms with Gasteiger partial charge in [-0.15, -0.1) is 0 Å². The van der Waals surface area contributed by atoms with Gasteiger partial charge in [0, 0.05) is 51.3 Å². The van der Waals surface area contributed by atoms with Crippen molar-refractivity contribution in [3.63, 3.8) is 0 Å². The Labute approximate surface area is 166 Å². The average Bonchev–Trinajstić information content (AvgIpc) is 3.09. The van der Waals surface area contributed by atoms with Crippen LogP contribution in [-0.2, 0) is 9.53 Å². The Morgan fingerprint density at radius 2 is 2.00 bits per heavy atom. The Morgan fingerprint density at radius 3 is 2.71 bits per heavy atom. The maximum absolute atomic E-state index is 12.7. The summed E-state index contributed by atoms with van der Waals surface area (Å²) < 4.78 is 5.80. The van der Waals surface area contributed by atoms with Gasteiger partial charge in [-0.1, -0.05) is 12.1 Å². The molecule has 0 bridgehead atoms. The Morgan fingerprint density at radius 1 is 1.29 bits per heavy atom. The second-order valence-electron chi connectivity index (χ2n) is 7.81. The fourth-order valence-electron chi connectivity index (χ4n) is 4.32. The standard InChI is InChI=1S/C20H30N4O4/c1-15-12-22(13-16(2)28-15)14-17-6-5-11-23(17)20(25)9-10-21-18-7-3-4-8-19(18)24(26)27/h3-4,7-8,15-17,21H,5-6,9-14H2,1-2H3/t15-,16+,17-/m0/s1. The third kappa shape index (κ3) is 5.20. The second kappa shape index (κ2) is 9.34. The predicted molar refractivity (Wildman–Crippen MR) is 107 cm³/mol. The van der Waals surface area contributed by atoms with Crippen LogP contribution in [-0.4, -0.2) is 71.6 Å². The van der Waals surface area contributed by atoms with Gasteiger partial charge in [-0.05, 0) is 32.8 Å². The first-order valence-electron chi connectivity index (χ1n) is 10.1. The van der Waals surface area contributed by atoms with Gasteiger partial charge in [0.25, 0.3) is 5.69 Å². The number of hydrogen-bond acceptors (Lipinski definition) is 6. The third-order valence-corrected chi connectivity index (χ3v) is 5.42. The van der Waals surface area contributed by atoms with Crippen molar-refractivity contribution < 1.29 is 14.5 Å². The Balaban J connectivity index is 1.50. The van der Waals surface area contributed by atoms with Gasteiger partial charge < -0.3 is 15.0 Å². The molecular formula is C20H30N4O4. The van der Waals surface area contributed by atoms with E-state index in [9.17, 15) is 14.9 Å². The Bertz CT molecular complexity index is 689. The maximum Gasteiger partial charge on any atom is 0.292 e. The van der Waals surface area contributed by atoms with E-state index >= 15 is 0 Å². The number of carbonyl (C=O) groups excluding carboxylic acids is 1. The Kier molecular flexibility index (Phi) is 6.85. The van der Waals surface area contributed by atoms with Crippen LogP contribution in [0.3, 0.4) is 0 Å². The molecule has 8 heteroatoms. The summed E-state index contributed by atoms with van der Waals surface area (Å²) in [6.07, 6.45) is 2.84. The lowest BCUT2D eigenvalue weighted by Crippen LogP contribution is -2.51. The molecule has 3 rings (SSSR count). The van der Waals surface area contributed by atoms with Gasteiger partial charge in [0.05, 0.1) is 17.1 Å². The van der Waals surface area contributed by atoms with Crippen molar-refractivity contribution in [1.29, 1.82) is 0 Å². The van der Waals surface area contributed by atoms with Crippen molar-refractivity contribution >= 4 is 17.3 Å². The Hall–Kier alpha value is -2.19. The number of nitro benzene ring substituents is 1. The van der Waals surface area contributed by atoms with E-state index in [-0.39, 0.29) is 29.8 Å². The zero-order chi connectivity index (χ0) is 20.1. The van der Waals surface area contributed by atoms with E-state index in [1.54, 1.807) is 18.2 Å². The van der Waals surface area contributed by atoms with Crippen LogP contribution in [0.25, 0.3) is 0 Å². The second-order valence-corrected chi connectivity index (χ2v) is 7.81. The number of rotatable bonds is 7. The van der Waals surface area contributed by atoms with Crippen LogP contribution in [0, 0.1) is 10.1 Å². The molecule has 0 saturated carbocycles. The molecule has 0 spiro atoms. The van der Waals surface area contributed by atoms with Crippen molar-refractivity contribution in [3.8, 4) is 0 Å². The molecule has 2 aliphatic rings. The first-order valence-corrected chi connectivity index (χ1v) is 10.1. The minimum atomic E-state index is -0.412. The summed E-state index contributed by atoms with van der Waals surface area (Å²) in [5, 5.41) is 14.1. The van der Waals surface area contributed by atoms with Gasteiger partial charge in [0.2, 0.25) is 5.91 Å². The number of anilines is 1. The van der Waals surface area contributed by atoms with Crippen LogP contribution in [0.15, 0.2) is 24.3 Å². The molecule has 0 unspecified atom stereocenters. The number of nitrogens with one attached hydrogen (secondary N) is 1. The number of amides is 1. The summed E-state index contributed by atoms with van der Waals surface area (Å²) in [6.45, 7) is 8.07. The van der Waals surface area contributed by atoms with E-state index < -0.39 is 4.92 Å². The van der Waals surface area contributed by atoms with E-state index in [0.29, 0.717) is 18.7 Å². The zero-order valence-electron chi connectivity index (χ0n) is 16.7. The number of likely N-dealkylation sites (tertiary alicyclic amines) is 1. The highest BCUT2D eigenvalue weighted by molar-refractivity contribution is 5.77. The van der Waals surface area contributed by atoms with Crippen LogP contribution in [0.4, 0.5) is 11.4 Å². The quantitative estimate of drug-likeness (QED) is 0.568. The molecule has 1 aromatic rings. The van der Waals surface area contributed by atoms with Gasteiger partial charge in [-0.3, -0.25) is 19.8 Å². The topological polar surface area (TPSA) is 88.0 Å². The molecule has 154 valence electrons. The molecule has 1 amide bonds. The third-order valence-electron chi connectivity index (χ3n) is 5.42. The van der Waals surface area contributed by atoms with E-state index in [1.165, 1.54) is 6.07 Å². The molecule has 2 aliphatic heterocycles. The molecule has 3 atom stereocenters. The molecule has 2 heterocycles. The molecule has 28 heavy (non-hydrogen) atoms. The normalized spacial score (nSPS) is 25.6. The minimum absolute atomic E-state index is 0.0320. The lowest BCUT2D eigenvalue weighted by Gasteiger charge is -2.38. The van der Waals surface area contributed by atoms with Gasteiger partial charge in [0.1, 0.15) is 5.69 Å². The van der Waals surface area contributed by atoms with E-state index in [4.69, 9.17) is 4.74 Å². The van der Waals surface area contributed by atoms with E-state index in [1.807, 2.05) is 4.90 Å². The van der Waals surface area contributed by atoms with Crippen molar-refractivity contribution in [2.45, 2.75) is 51.4 Å². The van der Waals surface area contributed by atoms with Crippen LogP contribution >= 0.6 is 0 Å². The highest BCUT2D eigenvalue weighted by atomic mass is 16.6. The highest BCUT2D eigenvalue weighted by Crippen LogP contribution is 2.24. The van der Waals surface area contributed by atoms with Crippen molar-refractivity contribution in [1.82, 2.24) is 9.80 Å². The largest absolute Gasteiger partial charge is 0.379 e. The molecule has 0 aliphatic carbocycles. The predicted octanol–water partition coefficient (Wildman–Crippen LogP) is 2.50. The maximum atomic E-state index is 12.7. The molecule has 8 nitrogen and oxygen atoms in total. The van der Waals surface area contributed by atoms with Crippen molar-refractivity contribution in [3.05, 3.63) is 34.4 Å². The summed E-state index contributed by atoms with van der Waals surface area (Å²) in [5.41, 5.74) is 0.485. The van der Waals surface area contributed by atoms with Gasteiger partial charge in [-0.2, -0.15) is 0 Å². The lowest BCUT2D eigenvalue weighted by atomic mass is 10.1. The van der Waals surface area contributed by atoms with Gasteiger partial charge in [-0.25, -0.2) is 0 Å². The molecule has 0 radical (unpaired) electrons. The number of morpholine rings is 1. The summed E-state index contributed by atoms with van der Waals surface area (Å²) in [4.78, 5) is 27.8. The average molecular weight is 390 g/mol. The number of nitrogens with zero attached hydrogens (tertiary/aromatic N) is 3. The summed E-state index contributed by atoms with van der Waals surface area (Å²) in [5.74, 6) is 0.114. The van der Waals surface area contributed by atoms with Crippen LogP contribution in [0.2, 0.25) is 0 Å². The fraction of sp³-hybridized carbons (Fsp3) is 0.650. The number of para-hydroxylation sites is 2. The SMILES string of the molecule is C[C@@H]1CN(C[C@@H]2CCCN2C(=O)CCNc2ccccc2[N+](=O)[O-])C[C@H](C)O1. The van der Waals surface area contributed by atoms with Crippen molar-refractivity contribution in [2.24, 2.45) is 0 Å². The number of ether oxygens (including phenoxy) is 1. The monoisotopic (exact) mass is 390 g/mol. The number of nitro groups is 1. The fourth-order valence-corrected chi connectivity index (χ4v) is 4.32. The summed E-state index contributed by atoms with van der Waals surface area (Å²) >= 11 is 0. The summed E-state index contributed by atoms with van der Waals surface area (Å²) in [7, 11) is 0. The van der Waals surface area contributed by atoms with Crippen LogP contribution in [0.1, 0.15) is 33.1 Å². The van der Waals surface area contributed by atoms with Gasteiger partial charge in [0.15, 0.2) is 0 Å². The first-order chi connectivity index (χ1) is 13.4. The lowest BCUT2D eigenvalue weighted by molar-refractivity contribution is -0.384. The number of hydrogen-bond donors (Lipinski definition) is 1. The zero-order valence-corrected chi connectivity index (χ0v) is 16.7. The molecule has 0 aromatic heterocycles. The molecule has 1 aromatic carbocycles. The minimum Gasteiger partial charge on any atom is -0.379 e. The van der Waals surface area contributed by atoms with Crippen LogP contribution < -0.4 is 5.32 Å². The van der Waals surface area contributed by atoms with Crippen molar-refractivity contribution in [2.75, 3.05) is 38.0 Å². The molecular weight excluding hydrogens is 360 g/mol.